The highest BCUT2D eigenvalue weighted by molar-refractivity contribution is 6.30. The summed E-state index contributed by atoms with van der Waals surface area (Å²) in [5, 5.41) is 8.76. The molecule has 3 N–H and O–H groups in total. The zero-order valence-corrected chi connectivity index (χ0v) is 7.30. The molecule has 4 heteroatoms. The lowest BCUT2D eigenvalue weighted by Gasteiger charge is -1.96. The number of anilines is 1. The predicted molar refractivity (Wildman–Crippen MR) is 50.4 cm³/mol. The molecule has 0 aliphatic heterocycles. The number of benzene rings is 1. The van der Waals surface area contributed by atoms with Gasteiger partial charge in [-0.2, -0.15) is 0 Å². The Hall–Kier alpha value is -1.66. The predicted octanol–water partition coefficient (Wildman–Crippen LogP) is 1.36. The van der Waals surface area contributed by atoms with Gasteiger partial charge < -0.3 is 10.8 Å². The normalized spacial score (nSPS) is 8.69. The van der Waals surface area contributed by atoms with Crippen molar-refractivity contribution >= 4 is 23.3 Å². The van der Waals surface area contributed by atoms with Crippen LogP contribution in [-0.4, -0.2) is 11.1 Å². The number of carboxylic acids is 1. The molecular weight excluding hydrogens is 190 g/mol. The van der Waals surface area contributed by atoms with Crippen LogP contribution in [0.5, 0.6) is 0 Å². The fourth-order valence-electron chi connectivity index (χ4n) is 0.758. The van der Waals surface area contributed by atoms with Gasteiger partial charge in [-0.05, 0) is 18.2 Å². The molecule has 3 nitrogen and oxygen atoms in total. The third-order valence-corrected chi connectivity index (χ3v) is 1.55. The Balaban J connectivity index is 3.09. The van der Waals surface area contributed by atoms with Gasteiger partial charge in [0.1, 0.15) is 0 Å². The Labute approximate surface area is 80.1 Å². The van der Waals surface area contributed by atoms with Crippen molar-refractivity contribution in [3.8, 4) is 11.8 Å². The van der Waals surface area contributed by atoms with Crippen molar-refractivity contribution in [2.45, 2.75) is 0 Å². The molecule has 0 saturated carbocycles. The van der Waals surface area contributed by atoms with Crippen molar-refractivity contribution < 1.29 is 9.90 Å². The minimum absolute atomic E-state index is 0.415. The van der Waals surface area contributed by atoms with E-state index in [4.69, 9.17) is 22.4 Å². The van der Waals surface area contributed by atoms with Crippen LogP contribution in [0.3, 0.4) is 0 Å². The van der Waals surface area contributed by atoms with Crippen molar-refractivity contribution in [1.29, 1.82) is 0 Å². The molecule has 1 aromatic carbocycles. The van der Waals surface area contributed by atoms with Crippen LogP contribution in [0.2, 0.25) is 5.02 Å². The lowest BCUT2D eigenvalue weighted by molar-refractivity contribution is -0.130. The van der Waals surface area contributed by atoms with E-state index in [1.54, 1.807) is 12.1 Å². The summed E-state index contributed by atoms with van der Waals surface area (Å²) in [5.74, 6) is 3.16. The highest BCUT2D eigenvalue weighted by Crippen LogP contribution is 2.16. The number of nitrogen functional groups attached to an aromatic ring is 1. The van der Waals surface area contributed by atoms with Crippen molar-refractivity contribution in [2.24, 2.45) is 0 Å². The van der Waals surface area contributed by atoms with Crippen molar-refractivity contribution in [3.63, 3.8) is 0 Å². The fraction of sp³-hybridized carbons (Fsp3) is 0. The third kappa shape index (κ3) is 2.69. The van der Waals surface area contributed by atoms with Crippen molar-refractivity contribution in [1.82, 2.24) is 0 Å². The van der Waals surface area contributed by atoms with E-state index in [9.17, 15) is 4.79 Å². The first kappa shape index (κ1) is 9.43. The maximum atomic E-state index is 10.1. The van der Waals surface area contributed by atoms with Gasteiger partial charge in [0.05, 0.1) is 0 Å². The zero-order valence-electron chi connectivity index (χ0n) is 6.54. The quantitative estimate of drug-likeness (QED) is 0.485. The van der Waals surface area contributed by atoms with Crippen LogP contribution in [0.1, 0.15) is 5.56 Å². The van der Waals surface area contributed by atoms with Crippen LogP contribution in [0.25, 0.3) is 0 Å². The molecule has 0 aliphatic rings. The smallest absolute Gasteiger partial charge is 0.382 e. The minimum atomic E-state index is -1.20. The van der Waals surface area contributed by atoms with E-state index in [1.165, 1.54) is 6.07 Å². The molecule has 0 bridgehead atoms. The largest absolute Gasteiger partial charge is 0.472 e. The Morgan fingerprint density at radius 1 is 1.54 bits per heavy atom. The third-order valence-electron chi connectivity index (χ3n) is 1.32. The summed E-state index contributed by atoms with van der Waals surface area (Å²) in [5.41, 5.74) is 6.36. The van der Waals surface area contributed by atoms with Gasteiger partial charge in [0.2, 0.25) is 0 Å². The molecule has 0 spiro atoms. The van der Waals surface area contributed by atoms with Crippen LogP contribution >= 0.6 is 11.6 Å². The van der Waals surface area contributed by atoms with Gasteiger partial charge in [-0.15, -0.1) is 0 Å². The fourth-order valence-corrected chi connectivity index (χ4v) is 0.930. The summed E-state index contributed by atoms with van der Waals surface area (Å²) >= 11 is 5.66. The van der Waals surface area contributed by atoms with E-state index in [0.717, 1.165) is 0 Å². The summed E-state index contributed by atoms with van der Waals surface area (Å²) in [6.07, 6.45) is 0. The zero-order chi connectivity index (χ0) is 9.84. The van der Waals surface area contributed by atoms with Gasteiger partial charge in [0, 0.05) is 22.2 Å². The summed E-state index contributed by atoms with van der Waals surface area (Å²) < 4.78 is 0. The molecule has 0 unspecified atom stereocenters. The van der Waals surface area contributed by atoms with Crippen LogP contribution in [-0.2, 0) is 4.79 Å². The second-order valence-corrected chi connectivity index (χ2v) is 2.72. The number of aliphatic carboxylic acids is 1. The second-order valence-electron chi connectivity index (χ2n) is 2.29. The standard InChI is InChI=1S/C9H6ClNO2/c10-7-2-3-8(11)6(5-7)1-4-9(12)13/h2-3,5H,11H2,(H,12,13). The van der Waals surface area contributed by atoms with E-state index in [0.29, 0.717) is 16.3 Å². The SMILES string of the molecule is Nc1ccc(Cl)cc1C#CC(=O)O. The van der Waals surface area contributed by atoms with Gasteiger partial charge in [0.25, 0.3) is 0 Å². The number of hydrogen-bond acceptors (Lipinski definition) is 2. The first-order chi connectivity index (χ1) is 6.09. The first-order valence-corrected chi connectivity index (χ1v) is 3.77. The van der Waals surface area contributed by atoms with Crippen LogP contribution in [0.15, 0.2) is 18.2 Å². The molecule has 0 aromatic heterocycles. The lowest BCUT2D eigenvalue weighted by Crippen LogP contribution is -1.91. The van der Waals surface area contributed by atoms with E-state index in [1.807, 2.05) is 5.92 Å². The molecule has 0 aliphatic carbocycles. The van der Waals surface area contributed by atoms with Gasteiger partial charge in [-0.1, -0.05) is 17.5 Å². The first-order valence-electron chi connectivity index (χ1n) is 3.39. The molecule has 0 amide bonds. The van der Waals surface area contributed by atoms with E-state index in [-0.39, 0.29) is 0 Å². The van der Waals surface area contributed by atoms with Gasteiger partial charge in [-0.25, -0.2) is 4.79 Å². The van der Waals surface area contributed by atoms with Crippen molar-refractivity contribution in [3.05, 3.63) is 28.8 Å². The van der Waals surface area contributed by atoms with Gasteiger partial charge >= 0.3 is 5.97 Å². The number of rotatable bonds is 0. The summed E-state index contributed by atoms with van der Waals surface area (Å²) in [4.78, 5) is 10.1. The topological polar surface area (TPSA) is 63.3 Å². The molecule has 1 aromatic rings. The molecular formula is C9H6ClNO2. The highest BCUT2D eigenvalue weighted by atomic mass is 35.5. The molecule has 0 saturated heterocycles. The monoisotopic (exact) mass is 195 g/mol. The Bertz CT molecular complexity index is 404. The Kier molecular flexibility index (Phi) is 2.78. The Morgan fingerprint density at radius 2 is 2.23 bits per heavy atom. The summed E-state index contributed by atoms with van der Waals surface area (Å²) in [7, 11) is 0. The maximum Gasteiger partial charge on any atom is 0.382 e. The molecule has 0 fully saturated rings. The molecule has 66 valence electrons. The molecule has 0 heterocycles. The highest BCUT2D eigenvalue weighted by Gasteiger charge is 1.96. The summed E-state index contributed by atoms with van der Waals surface area (Å²) in [6.45, 7) is 0. The maximum absolute atomic E-state index is 10.1. The second kappa shape index (κ2) is 3.83. The number of nitrogens with two attached hydrogens (primary N) is 1. The Morgan fingerprint density at radius 3 is 2.85 bits per heavy atom. The summed E-state index contributed by atoms with van der Waals surface area (Å²) in [6, 6.07) is 4.71. The number of halogens is 1. The molecule has 1 rings (SSSR count). The number of carboxylic acid groups (broad SMARTS) is 1. The van der Waals surface area contributed by atoms with E-state index < -0.39 is 5.97 Å². The number of hydrogen-bond donors (Lipinski definition) is 2. The van der Waals surface area contributed by atoms with Gasteiger partial charge in [-0.3, -0.25) is 0 Å². The molecule has 13 heavy (non-hydrogen) atoms. The van der Waals surface area contributed by atoms with Crippen LogP contribution in [0, 0.1) is 11.8 Å². The molecule has 0 radical (unpaired) electrons. The van der Waals surface area contributed by atoms with Gasteiger partial charge in [0.15, 0.2) is 0 Å². The van der Waals surface area contributed by atoms with Crippen molar-refractivity contribution in [2.75, 3.05) is 5.73 Å². The minimum Gasteiger partial charge on any atom is -0.472 e. The number of carbonyl (C=O) groups is 1. The lowest BCUT2D eigenvalue weighted by atomic mass is 10.2. The average molecular weight is 196 g/mol. The molecule has 0 atom stereocenters. The van der Waals surface area contributed by atoms with E-state index >= 15 is 0 Å². The van der Waals surface area contributed by atoms with Crippen LogP contribution < -0.4 is 5.73 Å². The average Bonchev–Trinajstić information content (AvgIpc) is 2.06. The van der Waals surface area contributed by atoms with E-state index in [2.05, 4.69) is 5.92 Å². The van der Waals surface area contributed by atoms with Crippen LogP contribution in [0.4, 0.5) is 5.69 Å².